The highest BCUT2D eigenvalue weighted by Gasteiger charge is 2.13. The minimum Gasteiger partial charge on any atom is -0.357 e. The molecule has 0 unspecified atom stereocenters. The molecule has 3 heterocycles. The summed E-state index contributed by atoms with van der Waals surface area (Å²) in [5.41, 5.74) is 0. The predicted molar refractivity (Wildman–Crippen MR) is 120 cm³/mol. The van der Waals surface area contributed by atoms with E-state index in [1.807, 2.05) is 12.1 Å². The van der Waals surface area contributed by atoms with Crippen molar-refractivity contribution < 1.29 is 0 Å². The number of halogens is 1. The van der Waals surface area contributed by atoms with E-state index in [1.54, 1.807) is 0 Å². The average Bonchev–Trinajstić information content (AvgIpc) is 3.23. The molecule has 0 aliphatic carbocycles. The van der Waals surface area contributed by atoms with Gasteiger partial charge < -0.3 is 19.8 Å². The molecule has 0 saturated carbocycles. The fourth-order valence-corrected chi connectivity index (χ4v) is 3.32. The number of fused-ring (bicyclic) bond motifs is 1. The lowest BCUT2D eigenvalue weighted by Gasteiger charge is -2.12. The molecule has 2 aromatic rings. The molecule has 0 aromatic carbocycles. The van der Waals surface area contributed by atoms with E-state index in [1.165, 1.54) is 25.1 Å². The van der Waals surface area contributed by atoms with Crippen LogP contribution in [0.15, 0.2) is 29.5 Å². The van der Waals surface area contributed by atoms with E-state index in [0.717, 1.165) is 63.8 Å². The van der Waals surface area contributed by atoms with Crippen molar-refractivity contribution in [1.82, 2.24) is 30.0 Å². The third kappa shape index (κ3) is 6.82. The monoisotopic (exact) mass is 485 g/mol. The highest BCUT2D eigenvalue weighted by atomic mass is 127. The fourth-order valence-electron chi connectivity index (χ4n) is 3.32. The third-order valence-corrected chi connectivity index (χ3v) is 4.69. The molecule has 2 N–H and O–H groups in total. The van der Waals surface area contributed by atoms with Crippen molar-refractivity contribution in [3.05, 3.63) is 36.2 Å². The van der Waals surface area contributed by atoms with Crippen LogP contribution in [0.25, 0.3) is 0 Å². The van der Waals surface area contributed by atoms with Gasteiger partial charge >= 0.3 is 0 Å². The van der Waals surface area contributed by atoms with Crippen molar-refractivity contribution in [3.63, 3.8) is 0 Å². The van der Waals surface area contributed by atoms with E-state index < -0.39 is 0 Å². The lowest BCUT2D eigenvalue weighted by molar-refractivity contribution is 0.597. The van der Waals surface area contributed by atoms with E-state index >= 15 is 0 Å². The van der Waals surface area contributed by atoms with Gasteiger partial charge in [0.15, 0.2) is 5.96 Å². The van der Waals surface area contributed by atoms with Crippen LogP contribution in [0.1, 0.15) is 44.3 Å². The number of guanidine groups is 1. The number of nitrogens with zero attached hydrogens (tertiary/aromatic N) is 5. The average molecular weight is 485 g/mol. The number of aryl methyl sites for hydroxylation is 2. The van der Waals surface area contributed by atoms with E-state index in [4.69, 9.17) is 4.99 Å². The van der Waals surface area contributed by atoms with Crippen LogP contribution in [0, 0.1) is 0 Å². The number of hydrogen-bond donors (Lipinski definition) is 2. The highest BCUT2D eigenvalue weighted by molar-refractivity contribution is 14.0. The Balaban J connectivity index is 0.00000261. The van der Waals surface area contributed by atoms with E-state index in [-0.39, 0.29) is 24.0 Å². The Morgan fingerprint density at radius 2 is 2.00 bits per heavy atom. The van der Waals surface area contributed by atoms with Gasteiger partial charge in [0.1, 0.15) is 11.6 Å². The number of hydrogen-bond acceptors (Lipinski definition) is 3. The molecule has 0 saturated heterocycles. The molecule has 0 bridgehead atoms. The molecule has 1 aliphatic rings. The van der Waals surface area contributed by atoms with Crippen LogP contribution in [-0.4, -0.2) is 44.9 Å². The Labute approximate surface area is 179 Å². The first-order valence-electron chi connectivity index (χ1n) is 9.90. The van der Waals surface area contributed by atoms with Gasteiger partial charge in [-0.15, -0.1) is 34.2 Å². The Bertz CT molecular complexity index is 678. The lowest BCUT2D eigenvalue weighted by Crippen LogP contribution is -2.38. The summed E-state index contributed by atoms with van der Waals surface area (Å²) in [6, 6.07) is 4.09. The van der Waals surface area contributed by atoms with Gasteiger partial charge in [0.2, 0.25) is 0 Å². The second-order valence-electron chi connectivity index (χ2n) is 6.71. The van der Waals surface area contributed by atoms with Crippen molar-refractivity contribution in [2.75, 3.05) is 19.6 Å². The maximum absolute atomic E-state index is 4.69. The molecule has 1 aliphatic heterocycles. The van der Waals surface area contributed by atoms with Gasteiger partial charge in [0.25, 0.3) is 0 Å². The minimum absolute atomic E-state index is 0. The topological polar surface area (TPSA) is 72.1 Å². The summed E-state index contributed by atoms with van der Waals surface area (Å²) in [5, 5.41) is 15.5. The van der Waals surface area contributed by atoms with Gasteiger partial charge in [-0.2, -0.15) is 0 Å². The van der Waals surface area contributed by atoms with Gasteiger partial charge in [-0.1, -0.05) is 6.42 Å². The van der Waals surface area contributed by atoms with Crippen molar-refractivity contribution in [2.24, 2.45) is 4.99 Å². The van der Waals surface area contributed by atoms with E-state index in [9.17, 15) is 0 Å². The van der Waals surface area contributed by atoms with Gasteiger partial charge in [-0.3, -0.25) is 4.99 Å². The first-order valence-corrected chi connectivity index (χ1v) is 9.90. The van der Waals surface area contributed by atoms with E-state index in [0.29, 0.717) is 0 Å². The molecule has 0 amide bonds. The van der Waals surface area contributed by atoms with Crippen LogP contribution < -0.4 is 10.6 Å². The van der Waals surface area contributed by atoms with Crippen LogP contribution in [0.4, 0.5) is 0 Å². The highest BCUT2D eigenvalue weighted by Crippen LogP contribution is 2.15. The van der Waals surface area contributed by atoms with Crippen molar-refractivity contribution in [2.45, 2.75) is 58.5 Å². The normalized spacial score (nSPS) is 14.2. The lowest BCUT2D eigenvalue weighted by atomic mass is 10.2. The number of nitrogens with one attached hydrogen (secondary N) is 2. The molecular formula is C19H32IN7. The molecule has 27 heavy (non-hydrogen) atoms. The van der Waals surface area contributed by atoms with Crippen LogP contribution >= 0.6 is 24.0 Å². The summed E-state index contributed by atoms with van der Waals surface area (Å²) < 4.78 is 4.49. The second kappa shape index (κ2) is 12.0. The Hall–Kier alpha value is -1.58. The molecule has 0 radical (unpaired) electrons. The van der Waals surface area contributed by atoms with Crippen molar-refractivity contribution in [3.8, 4) is 0 Å². The quantitative estimate of drug-likeness (QED) is 0.261. The zero-order chi connectivity index (χ0) is 18.0. The maximum Gasteiger partial charge on any atom is 0.191 e. The minimum atomic E-state index is 0. The third-order valence-electron chi connectivity index (χ3n) is 4.69. The number of aromatic nitrogens is 4. The molecule has 0 fully saturated rings. The molecule has 8 heteroatoms. The standard InChI is InChI=1S/C19H31N7.HI/c1-2-20-19(22-12-16-25-13-6-7-14-25)21-11-8-10-18-24-23-17-9-4-3-5-15-26(17)18;/h6-7,13-14H,2-5,8-12,15-16H2,1H3,(H2,20,21,22);1H. The van der Waals surface area contributed by atoms with Gasteiger partial charge in [-0.25, -0.2) is 0 Å². The molecule has 0 atom stereocenters. The molecule has 7 nitrogen and oxygen atoms in total. The number of aliphatic imine (C=N–C) groups is 1. The summed E-state index contributed by atoms with van der Waals surface area (Å²) in [5.74, 6) is 3.18. The van der Waals surface area contributed by atoms with Crippen LogP contribution in [0.3, 0.4) is 0 Å². The maximum atomic E-state index is 4.69. The molecule has 2 aromatic heterocycles. The van der Waals surface area contributed by atoms with Gasteiger partial charge in [-0.05, 0) is 38.3 Å². The Kier molecular flexibility index (Phi) is 9.65. The molecule has 0 spiro atoms. The van der Waals surface area contributed by atoms with Crippen LogP contribution in [0.5, 0.6) is 0 Å². The molecule has 3 rings (SSSR count). The Morgan fingerprint density at radius 3 is 2.81 bits per heavy atom. The second-order valence-corrected chi connectivity index (χ2v) is 6.71. The Morgan fingerprint density at radius 1 is 1.15 bits per heavy atom. The predicted octanol–water partition coefficient (Wildman–Crippen LogP) is 2.61. The molecular weight excluding hydrogens is 453 g/mol. The first-order chi connectivity index (χ1) is 12.9. The molecule has 150 valence electrons. The first kappa shape index (κ1) is 21.7. The SMILES string of the molecule is CCNC(=NCCCc1nnc2n1CCCCC2)NCCn1cccc1.I. The summed E-state index contributed by atoms with van der Waals surface area (Å²) in [6.07, 6.45) is 10.9. The summed E-state index contributed by atoms with van der Waals surface area (Å²) in [6.45, 7) is 6.62. The van der Waals surface area contributed by atoms with Gasteiger partial charge in [0.05, 0.1) is 0 Å². The van der Waals surface area contributed by atoms with Crippen LogP contribution in [-0.2, 0) is 25.9 Å². The van der Waals surface area contributed by atoms with E-state index in [2.05, 4.69) is 49.3 Å². The fraction of sp³-hybridized carbons (Fsp3) is 0.632. The largest absolute Gasteiger partial charge is 0.357 e. The summed E-state index contributed by atoms with van der Waals surface area (Å²) in [4.78, 5) is 4.69. The van der Waals surface area contributed by atoms with Crippen molar-refractivity contribution >= 4 is 29.9 Å². The smallest absolute Gasteiger partial charge is 0.191 e. The number of rotatable bonds is 8. The van der Waals surface area contributed by atoms with Crippen molar-refractivity contribution in [1.29, 1.82) is 0 Å². The zero-order valence-electron chi connectivity index (χ0n) is 16.2. The zero-order valence-corrected chi connectivity index (χ0v) is 18.6. The van der Waals surface area contributed by atoms with Gasteiger partial charge in [0, 0.05) is 58.0 Å². The summed E-state index contributed by atoms with van der Waals surface area (Å²) in [7, 11) is 0. The van der Waals surface area contributed by atoms with Crippen LogP contribution in [0.2, 0.25) is 0 Å². The summed E-state index contributed by atoms with van der Waals surface area (Å²) >= 11 is 0.